The molecule has 0 radical (unpaired) electrons. The van der Waals surface area contributed by atoms with Crippen molar-refractivity contribution in [2.45, 2.75) is 69.9 Å². The number of pyridine rings is 2. The van der Waals surface area contributed by atoms with E-state index < -0.39 is 17.7 Å². The number of halogens is 2. The third kappa shape index (κ3) is 5.21. The first kappa shape index (κ1) is 29.9. The summed E-state index contributed by atoms with van der Waals surface area (Å²) in [6.45, 7) is 5.67. The topological polar surface area (TPSA) is 91.2 Å². The van der Waals surface area contributed by atoms with Crippen LogP contribution in [0.2, 0.25) is 0 Å². The average molecular weight is 619 g/mol. The molecule has 3 saturated heterocycles. The summed E-state index contributed by atoms with van der Waals surface area (Å²) in [5, 5.41) is 22.5. The molecule has 2 aromatic heterocycles. The maximum atomic E-state index is 17.0. The Hall–Kier alpha value is -3.76. The SMILES string of the molecule is CCc1c(F)ccc2cc(O)cc(-c3nc(OC)c4c(N5CCCC(O)CC5)cc(OCC56CCCN5CCC6)nc4c3F)c12. The number of aliphatic hydroxyl groups is 1. The molecule has 8 nitrogen and oxygen atoms in total. The van der Waals surface area contributed by atoms with Gasteiger partial charge in [0.25, 0.3) is 0 Å². The van der Waals surface area contributed by atoms with Crippen molar-refractivity contribution in [3.05, 3.63) is 47.5 Å². The Morgan fingerprint density at radius 3 is 2.53 bits per heavy atom. The van der Waals surface area contributed by atoms with E-state index in [0.29, 0.717) is 72.2 Å². The minimum atomic E-state index is -0.702. The lowest BCUT2D eigenvalue weighted by Crippen LogP contribution is -2.43. The average Bonchev–Trinajstić information content (AvgIpc) is 3.54. The molecular weight excluding hydrogens is 578 g/mol. The van der Waals surface area contributed by atoms with Crippen LogP contribution in [0.3, 0.4) is 0 Å². The number of anilines is 1. The Balaban J connectivity index is 1.43. The maximum Gasteiger partial charge on any atom is 0.225 e. The van der Waals surface area contributed by atoms with Gasteiger partial charge in [-0.3, -0.25) is 4.90 Å². The van der Waals surface area contributed by atoms with Crippen molar-refractivity contribution in [3.63, 3.8) is 0 Å². The molecule has 0 bridgehead atoms. The number of phenols is 1. The fourth-order valence-electron chi connectivity index (χ4n) is 7.87. The third-order valence-corrected chi connectivity index (χ3v) is 10.1. The van der Waals surface area contributed by atoms with Crippen LogP contribution in [0, 0.1) is 11.6 Å². The normalized spacial score (nSPS) is 20.1. The maximum absolute atomic E-state index is 17.0. The Morgan fingerprint density at radius 2 is 1.78 bits per heavy atom. The van der Waals surface area contributed by atoms with Crippen molar-refractivity contribution in [1.82, 2.24) is 14.9 Å². The van der Waals surface area contributed by atoms with Gasteiger partial charge >= 0.3 is 0 Å². The molecule has 4 aromatic rings. The molecule has 3 fully saturated rings. The first-order chi connectivity index (χ1) is 21.8. The molecule has 10 heteroatoms. The van der Waals surface area contributed by atoms with Crippen LogP contribution < -0.4 is 14.4 Å². The Labute approximate surface area is 261 Å². The number of aromatic nitrogens is 2. The lowest BCUT2D eigenvalue weighted by atomic mass is 9.94. The number of nitrogens with zero attached hydrogens (tertiary/aromatic N) is 4. The number of aliphatic hydroxyl groups excluding tert-OH is 1. The summed E-state index contributed by atoms with van der Waals surface area (Å²) in [6, 6.07) is 7.75. The second kappa shape index (κ2) is 11.9. The summed E-state index contributed by atoms with van der Waals surface area (Å²) in [5.41, 5.74) is 1.29. The molecule has 5 heterocycles. The molecule has 2 aromatic carbocycles. The van der Waals surface area contributed by atoms with E-state index in [-0.39, 0.29) is 33.9 Å². The minimum Gasteiger partial charge on any atom is -0.508 e. The van der Waals surface area contributed by atoms with Crippen molar-refractivity contribution in [2.75, 3.05) is 44.8 Å². The van der Waals surface area contributed by atoms with Gasteiger partial charge in [-0.25, -0.2) is 18.7 Å². The fraction of sp³-hybridized carbons (Fsp3) is 0.486. The fourth-order valence-corrected chi connectivity index (χ4v) is 7.87. The molecule has 1 atom stereocenters. The molecule has 0 saturated carbocycles. The zero-order chi connectivity index (χ0) is 31.3. The lowest BCUT2D eigenvalue weighted by Gasteiger charge is -2.32. The lowest BCUT2D eigenvalue weighted by molar-refractivity contribution is 0.111. The van der Waals surface area contributed by atoms with Crippen LogP contribution in [0.25, 0.3) is 32.9 Å². The van der Waals surface area contributed by atoms with E-state index in [1.165, 1.54) is 19.2 Å². The summed E-state index contributed by atoms with van der Waals surface area (Å²) in [5.74, 6) is -0.710. The first-order valence-corrected chi connectivity index (χ1v) is 16.2. The molecule has 7 rings (SSSR count). The van der Waals surface area contributed by atoms with Crippen molar-refractivity contribution in [2.24, 2.45) is 0 Å². The zero-order valence-corrected chi connectivity index (χ0v) is 25.9. The van der Waals surface area contributed by atoms with Gasteiger partial charge in [-0.2, -0.15) is 0 Å². The summed E-state index contributed by atoms with van der Waals surface area (Å²) in [7, 11) is 1.48. The van der Waals surface area contributed by atoms with E-state index in [1.54, 1.807) is 12.1 Å². The summed E-state index contributed by atoms with van der Waals surface area (Å²) in [6.07, 6.45) is 6.41. The smallest absolute Gasteiger partial charge is 0.225 e. The number of hydrogen-bond donors (Lipinski definition) is 2. The highest BCUT2D eigenvalue weighted by molar-refractivity contribution is 6.03. The third-order valence-electron chi connectivity index (χ3n) is 10.1. The number of ether oxygens (including phenoxy) is 2. The number of phenolic OH excluding ortho intramolecular Hbond substituents is 1. The molecule has 3 aliphatic rings. The van der Waals surface area contributed by atoms with Gasteiger partial charge < -0.3 is 24.6 Å². The van der Waals surface area contributed by atoms with Gasteiger partial charge in [0, 0.05) is 24.7 Å². The number of aryl methyl sites for hydroxylation is 1. The van der Waals surface area contributed by atoms with Gasteiger partial charge in [0.1, 0.15) is 29.4 Å². The Morgan fingerprint density at radius 1 is 0.978 bits per heavy atom. The molecule has 3 aliphatic heterocycles. The number of aromatic hydroxyl groups is 1. The van der Waals surface area contributed by atoms with Crippen LogP contribution in [0.1, 0.15) is 57.4 Å². The van der Waals surface area contributed by atoms with Gasteiger partial charge in [0.15, 0.2) is 5.82 Å². The van der Waals surface area contributed by atoms with Crippen molar-refractivity contribution >= 4 is 27.4 Å². The van der Waals surface area contributed by atoms with E-state index in [1.807, 2.05) is 13.0 Å². The van der Waals surface area contributed by atoms with Crippen molar-refractivity contribution < 1.29 is 28.5 Å². The zero-order valence-electron chi connectivity index (χ0n) is 25.9. The highest BCUT2D eigenvalue weighted by Crippen LogP contribution is 2.44. The Kier molecular flexibility index (Phi) is 7.90. The first-order valence-electron chi connectivity index (χ1n) is 16.2. The molecule has 238 valence electrons. The number of rotatable bonds is 7. The van der Waals surface area contributed by atoms with Crippen LogP contribution in [0.5, 0.6) is 17.5 Å². The Bertz CT molecular complexity index is 1760. The molecule has 1 unspecified atom stereocenters. The van der Waals surface area contributed by atoms with Gasteiger partial charge in [0.2, 0.25) is 11.8 Å². The van der Waals surface area contributed by atoms with Crippen LogP contribution in [-0.4, -0.2) is 76.6 Å². The number of methoxy groups -OCH3 is 1. The standard InChI is InChI=1S/C35H40F2N4O4/c1-3-24-26(36)9-8-21-17-23(43)18-25(29(21)24)32-31(37)33-30(34(39-32)44-2)27(40-13-4-7-22(42)10-16-40)19-28(38-33)45-20-35-11-5-14-41(35)15-6-12-35/h8-9,17-19,22,42-43H,3-7,10-16,20H2,1-2H3. The monoisotopic (exact) mass is 618 g/mol. The van der Waals surface area contributed by atoms with Gasteiger partial charge in [0.05, 0.1) is 29.8 Å². The van der Waals surface area contributed by atoms with Crippen LogP contribution in [0.15, 0.2) is 30.3 Å². The van der Waals surface area contributed by atoms with Gasteiger partial charge in [-0.15, -0.1) is 0 Å². The molecule has 45 heavy (non-hydrogen) atoms. The molecule has 2 N–H and O–H groups in total. The number of fused-ring (bicyclic) bond motifs is 3. The minimum absolute atomic E-state index is 0.0236. The largest absolute Gasteiger partial charge is 0.508 e. The molecule has 0 amide bonds. The molecule has 0 spiro atoms. The van der Waals surface area contributed by atoms with Crippen molar-refractivity contribution in [1.29, 1.82) is 0 Å². The van der Waals surface area contributed by atoms with E-state index in [0.717, 1.165) is 45.2 Å². The number of benzene rings is 2. The van der Waals surface area contributed by atoms with E-state index in [2.05, 4.69) is 14.8 Å². The van der Waals surface area contributed by atoms with E-state index >= 15 is 8.78 Å². The van der Waals surface area contributed by atoms with Crippen LogP contribution >= 0.6 is 0 Å². The second-order valence-corrected chi connectivity index (χ2v) is 12.7. The predicted molar refractivity (Wildman–Crippen MR) is 170 cm³/mol. The van der Waals surface area contributed by atoms with E-state index in [4.69, 9.17) is 14.5 Å². The van der Waals surface area contributed by atoms with Crippen LogP contribution in [0.4, 0.5) is 14.5 Å². The highest BCUT2D eigenvalue weighted by Gasteiger charge is 2.45. The van der Waals surface area contributed by atoms with Gasteiger partial charge in [-0.05, 0) is 99.0 Å². The predicted octanol–water partition coefficient (Wildman–Crippen LogP) is 6.36. The van der Waals surface area contributed by atoms with Crippen molar-refractivity contribution in [3.8, 4) is 28.8 Å². The quantitative estimate of drug-likeness (QED) is 0.247. The highest BCUT2D eigenvalue weighted by atomic mass is 19.1. The molecular formula is C35H40F2N4O4. The van der Waals surface area contributed by atoms with E-state index in [9.17, 15) is 10.2 Å². The summed E-state index contributed by atoms with van der Waals surface area (Å²) >= 11 is 0. The number of hydrogen-bond acceptors (Lipinski definition) is 8. The summed E-state index contributed by atoms with van der Waals surface area (Å²) in [4.78, 5) is 14.0. The molecule has 0 aliphatic carbocycles. The van der Waals surface area contributed by atoms with Gasteiger partial charge in [-0.1, -0.05) is 13.0 Å². The summed E-state index contributed by atoms with van der Waals surface area (Å²) < 4.78 is 44.3. The second-order valence-electron chi connectivity index (χ2n) is 12.7. The van der Waals surface area contributed by atoms with Crippen LogP contribution in [-0.2, 0) is 6.42 Å².